The average Bonchev–Trinajstić information content (AvgIpc) is 2.72. The molecule has 1 aliphatic rings. The summed E-state index contributed by atoms with van der Waals surface area (Å²) < 4.78 is 6.75. The molecule has 1 aromatic rings. The van der Waals surface area contributed by atoms with Crippen LogP contribution in [0.2, 0.25) is 0 Å². The molecular weight excluding hydrogens is 220 g/mol. The maximum atomic E-state index is 11.6. The number of H-pyrrole nitrogens is 1. The van der Waals surface area contributed by atoms with E-state index in [9.17, 15) is 9.59 Å². The molecule has 0 saturated heterocycles. The summed E-state index contributed by atoms with van der Waals surface area (Å²) in [6.07, 6.45) is 7.68. The van der Waals surface area contributed by atoms with Crippen LogP contribution in [0.4, 0.5) is 0 Å². The number of carbonyl (C=O) groups excluding carboxylic acids is 1. The van der Waals surface area contributed by atoms with Gasteiger partial charge in [-0.3, -0.25) is 19.4 Å². The molecule has 1 aromatic heterocycles. The van der Waals surface area contributed by atoms with Gasteiger partial charge in [0.15, 0.2) is 0 Å². The highest BCUT2D eigenvalue weighted by molar-refractivity contribution is 5.71. The summed E-state index contributed by atoms with van der Waals surface area (Å²) in [7, 11) is 0. The molecule has 5 nitrogen and oxygen atoms in total. The highest BCUT2D eigenvalue weighted by atomic mass is 16.5. The normalized spacial score (nSPS) is 17.0. The fourth-order valence-corrected chi connectivity index (χ4v) is 2.21. The summed E-state index contributed by atoms with van der Waals surface area (Å²) in [5, 5.41) is 2.73. The van der Waals surface area contributed by atoms with Crippen LogP contribution < -0.4 is 10.3 Å². The first kappa shape index (κ1) is 12.0. The molecule has 0 spiro atoms. The van der Waals surface area contributed by atoms with Gasteiger partial charge in [-0.25, -0.2) is 0 Å². The van der Waals surface area contributed by atoms with Gasteiger partial charge >= 0.3 is 11.5 Å². The van der Waals surface area contributed by atoms with Crippen molar-refractivity contribution in [2.75, 3.05) is 0 Å². The summed E-state index contributed by atoms with van der Waals surface area (Å²) in [5.74, 6) is -0.265. The van der Waals surface area contributed by atoms with Gasteiger partial charge in [0.2, 0.25) is 5.75 Å². The van der Waals surface area contributed by atoms with Gasteiger partial charge in [-0.2, -0.15) is 0 Å². The zero-order chi connectivity index (χ0) is 12.3. The van der Waals surface area contributed by atoms with Crippen molar-refractivity contribution >= 4 is 5.97 Å². The number of hydrogen-bond acceptors (Lipinski definition) is 3. The average molecular weight is 238 g/mol. The molecule has 1 N–H and O–H groups in total. The fourth-order valence-electron chi connectivity index (χ4n) is 2.21. The monoisotopic (exact) mass is 238 g/mol. The Morgan fingerprint density at radius 2 is 2.18 bits per heavy atom. The second-order valence-corrected chi connectivity index (χ2v) is 4.46. The van der Waals surface area contributed by atoms with E-state index in [-0.39, 0.29) is 23.7 Å². The molecule has 0 atom stereocenters. The van der Waals surface area contributed by atoms with Crippen molar-refractivity contribution in [1.82, 2.24) is 9.78 Å². The minimum atomic E-state index is -0.378. The number of esters is 1. The Morgan fingerprint density at radius 3 is 2.82 bits per heavy atom. The fraction of sp³-hybridized carbons (Fsp3) is 0.667. The molecule has 1 heterocycles. The van der Waals surface area contributed by atoms with E-state index in [1.54, 1.807) is 17.8 Å². The van der Waals surface area contributed by atoms with Gasteiger partial charge in [0, 0.05) is 12.5 Å². The minimum absolute atomic E-state index is 0.113. The summed E-state index contributed by atoms with van der Waals surface area (Å²) >= 11 is 0. The van der Waals surface area contributed by atoms with E-state index in [1.165, 1.54) is 19.3 Å². The zero-order valence-corrected chi connectivity index (χ0v) is 10.1. The van der Waals surface area contributed by atoms with E-state index in [4.69, 9.17) is 4.74 Å². The first-order valence-corrected chi connectivity index (χ1v) is 6.22. The van der Waals surface area contributed by atoms with Gasteiger partial charge in [0.05, 0.1) is 6.20 Å². The smallest absolute Gasteiger partial charge is 0.311 e. The lowest BCUT2D eigenvalue weighted by molar-refractivity contribution is -0.134. The van der Waals surface area contributed by atoms with Gasteiger partial charge in [0.25, 0.3) is 0 Å². The van der Waals surface area contributed by atoms with Crippen LogP contribution in [0, 0.1) is 0 Å². The molecule has 0 unspecified atom stereocenters. The number of aromatic nitrogens is 2. The number of hydrogen-bond donors (Lipinski definition) is 1. The van der Waals surface area contributed by atoms with Crippen LogP contribution in [-0.4, -0.2) is 15.7 Å². The second kappa shape index (κ2) is 5.21. The summed E-state index contributed by atoms with van der Waals surface area (Å²) in [6.45, 7) is 1.70. The van der Waals surface area contributed by atoms with Crippen molar-refractivity contribution < 1.29 is 9.53 Å². The van der Waals surface area contributed by atoms with Gasteiger partial charge in [-0.15, -0.1) is 0 Å². The quantitative estimate of drug-likeness (QED) is 0.819. The summed E-state index contributed by atoms with van der Waals surface area (Å²) in [5.41, 5.74) is -0.322. The van der Waals surface area contributed by atoms with Crippen molar-refractivity contribution in [2.45, 2.75) is 51.5 Å². The zero-order valence-electron chi connectivity index (χ0n) is 10.1. The van der Waals surface area contributed by atoms with Crippen LogP contribution in [0.1, 0.15) is 51.5 Å². The molecule has 0 aliphatic heterocycles. The maximum Gasteiger partial charge on any atom is 0.311 e. The third-order valence-electron chi connectivity index (χ3n) is 3.19. The number of ether oxygens (including phenoxy) is 1. The topological polar surface area (TPSA) is 64.1 Å². The first-order valence-electron chi connectivity index (χ1n) is 6.22. The SMILES string of the molecule is CCC(=O)Oc1cn(C2CCCCC2)[nH]c1=O. The standard InChI is InChI=1S/C12H18N2O3/c1-2-11(15)17-10-8-14(13-12(10)16)9-6-4-3-5-7-9/h8-9H,2-7H2,1H3,(H,13,16). The highest BCUT2D eigenvalue weighted by Gasteiger charge is 2.18. The van der Waals surface area contributed by atoms with Gasteiger partial charge in [-0.1, -0.05) is 26.2 Å². The van der Waals surface area contributed by atoms with Crippen molar-refractivity contribution in [1.29, 1.82) is 0 Å². The van der Waals surface area contributed by atoms with E-state index in [2.05, 4.69) is 5.10 Å². The number of aromatic amines is 1. The third kappa shape index (κ3) is 2.78. The van der Waals surface area contributed by atoms with Crippen molar-refractivity contribution in [2.24, 2.45) is 0 Å². The Bertz CT molecular complexity index is 441. The minimum Gasteiger partial charge on any atom is -0.419 e. The number of carbonyl (C=O) groups is 1. The van der Waals surface area contributed by atoms with Gasteiger partial charge < -0.3 is 4.74 Å². The van der Waals surface area contributed by atoms with Crippen LogP contribution in [-0.2, 0) is 4.79 Å². The Balaban J connectivity index is 2.12. The maximum absolute atomic E-state index is 11.6. The molecule has 0 amide bonds. The molecule has 1 aliphatic carbocycles. The molecule has 0 radical (unpaired) electrons. The van der Waals surface area contributed by atoms with Crippen LogP contribution in [0.3, 0.4) is 0 Å². The third-order valence-corrected chi connectivity index (χ3v) is 3.19. The van der Waals surface area contributed by atoms with E-state index < -0.39 is 0 Å². The molecule has 0 bridgehead atoms. The summed E-state index contributed by atoms with van der Waals surface area (Å²) in [6, 6.07) is 0.338. The Hall–Kier alpha value is -1.52. The largest absolute Gasteiger partial charge is 0.419 e. The Morgan fingerprint density at radius 1 is 1.47 bits per heavy atom. The lowest BCUT2D eigenvalue weighted by Crippen LogP contribution is -2.16. The number of rotatable bonds is 3. The molecule has 2 rings (SSSR count). The van der Waals surface area contributed by atoms with Gasteiger partial charge in [0.1, 0.15) is 0 Å². The predicted octanol–water partition coefficient (Wildman–Crippen LogP) is 2.00. The highest BCUT2D eigenvalue weighted by Crippen LogP contribution is 2.27. The molecular formula is C12H18N2O3. The first-order chi connectivity index (χ1) is 8.20. The summed E-state index contributed by atoms with van der Waals surface area (Å²) in [4.78, 5) is 22.7. The lowest BCUT2D eigenvalue weighted by Gasteiger charge is -2.22. The number of nitrogens with one attached hydrogen (secondary N) is 1. The predicted molar refractivity (Wildman–Crippen MR) is 63.1 cm³/mol. The Kier molecular flexibility index (Phi) is 3.66. The van der Waals surface area contributed by atoms with Gasteiger partial charge in [-0.05, 0) is 12.8 Å². The lowest BCUT2D eigenvalue weighted by atomic mass is 9.96. The van der Waals surface area contributed by atoms with Crippen LogP contribution in [0.25, 0.3) is 0 Å². The molecule has 94 valence electrons. The van der Waals surface area contributed by atoms with E-state index in [0.29, 0.717) is 6.04 Å². The molecule has 1 saturated carbocycles. The second-order valence-electron chi connectivity index (χ2n) is 4.46. The molecule has 17 heavy (non-hydrogen) atoms. The molecule has 1 fully saturated rings. The van der Waals surface area contributed by atoms with E-state index >= 15 is 0 Å². The van der Waals surface area contributed by atoms with Crippen molar-refractivity contribution in [3.63, 3.8) is 0 Å². The van der Waals surface area contributed by atoms with Crippen molar-refractivity contribution in [3.8, 4) is 5.75 Å². The Labute approximate surface area is 99.8 Å². The van der Waals surface area contributed by atoms with Crippen LogP contribution >= 0.6 is 0 Å². The molecule has 5 heteroatoms. The molecule has 0 aromatic carbocycles. The van der Waals surface area contributed by atoms with E-state index in [0.717, 1.165) is 12.8 Å². The van der Waals surface area contributed by atoms with Crippen molar-refractivity contribution in [3.05, 3.63) is 16.6 Å². The van der Waals surface area contributed by atoms with E-state index in [1.807, 2.05) is 0 Å². The number of nitrogens with zero attached hydrogens (tertiary/aromatic N) is 1. The van der Waals surface area contributed by atoms with Crippen LogP contribution in [0.5, 0.6) is 5.75 Å². The van der Waals surface area contributed by atoms with Crippen LogP contribution in [0.15, 0.2) is 11.0 Å².